The molecule has 0 aliphatic rings. The van der Waals surface area contributed by atoms with Crippen LogP contribution in [-0.2, 0) is 6.42 Å². The summed E-state index contributed by atoms with van der Waals surface area (Å²) in [5.74, 6) is 0.635. The number of aliphatic hydroxyl groups excluding tert-OH is 1. The number of aryl methyl sites for hydroxylation is 1. The quantitative estimate of drug-likeness (QED) is 0.483. The molecule has 14 heavy (non-hydrogen) atoms. The van der Waals surface area contributed by atoms with Crippen LogP contribution in [0.25, 0.3) is 6.08 Å². The molecule has 0 saturated carbocycles. The molecule has 1 nitrogen and oxygen atoms in total. The van der Waals surface area contributed by atoms with Crippen LogP contribution in [0.1, 0.15) is 11.1 Å². The molecular formula is C11H11ClOS. The van der Waals surface area contributed by atoms with Gasteiger partial charge < -0.3 is 5.11 Å². The van der Waals surface area contributed by atoms with Crippen LogP contribution in [0.2, 0.25) is 0 Å². The highest BCUT2D eigenvalue weighted by Crippen LogP contribution is 2.07. The molecule has 1 aromatic carbocycles. The summed E-state index contributed by atoms with van der Waals surface area (Å²) < 4.78 is 0. The molecule has 0 amide bonds. The summed E-state index contributed by atoms with van der Waals surface area (Å²) >= 11 is 10.1. The van der Waals surface area contributed by atoms with E-state index in [2.05, 4.69) is 12.2 Å². The van der Waals surface area contributed by atoms with Gasteiger partial charge in [-0.25, -0.2) is 0 Å². The van der Waals surface area contributed by atoms with Gasteiger partial charge in [-0.3, -0.25) is 0 Å². The number of halogens is 1. The number of hydrogen-bond donors (Lipinski definition) is 1. The van der Waals surface area contributed by atoms with Gasteiger partial charge >= 0.3 is 0 Å². The zero-order valence-corrected chi connectivity index (χ0v) is 9.18. The van der Waals surface area contributed by atoms with Crippen LogP contribution in [0.15, 0.2) is 30.3 Å². The number of aliphatic hydroxyl groups is 1. The molecule has 0 radical (unpaired) electrons. The molecule has 0 spiro atoms. The maximum absolute atomic E-state index is 8.78. The second kappa shape index (κ2) is 5.78. The zero-order valence-electron chi connectivity index (χ0n) is 7.61. The Hall–Kier alpha value is -0.860. The number of alkyl halides is 1. The third kappa shape index (κ3) is 3.90. The van der Waals surface area contributed by atoms with Crippen LogP contribution in [0.4, 0.5) is 0 Å². The number of rotatable bonds is 4. The lowest BCUT2D eigenvalue weighted by atomic mass is 10.1. The van der Waals surface area contributed by atoms with Crippen LogP contribution >= 0.6 is 23.8 Å². The van der Waals surface area contributed by atoms with Crippen molar-refractivity contribution in [1.82, 2.24) is 0 Å². The Labute approximate surface area is 94.0 Å². The number of hydrogen-bond acceptors (Lipinski definition) is 1. The Morgan fingerprint density at radius 3 is 2.50 bits per heavy atom. The van der Waals surface area contributed by atoms with Crippen molar-refractivity contribution < 1.29 is 5.11 Å². The molecule has 0 heterocycles. The van der Waals surface area contributed by atoms with E-state index in [-0.39, 0.29) is 5.05 Å². The second-order valence-corrected chi connectivity index (χ2v) is 3.65. The van der Waals surface area contributed by atoms with Crippen molar-refractivity contribution in [3.63, 3.8) is 0 Å². The monoisotopic (exact) mass is 226 g/mol. The fourth-order valence-corrected chi connectivity index (χ4v) is 1.36. The summed E-state index contributed by atoms with van der Waals surface area (Å²) in [6.45, 7) is 0. The van der Waals surface area contributed by atoms with Gasteiger partial charge in [-0.2, -0.15) is 0 Å². The van der Waals surface area contributed by atoms with E-state index >= 15 is 0 Å². The van der Waals surface area contributed by atoms with Crippen LogP contribution in [0.3, 0.4) is 0 Å². The summed E-state index contributed by atoms with van der Waals surface area (Å²) in [4.78, 5) is 0. The molecule has 0 fully saturated rings. The minimum absolute atomic E-state index is 0.102. The number of benzene rings is 1. The molecule has 0 atom stereocenters. The van der Waals surface area contributed by atoms with Crippen molar-refractivity contribution >= 4 is 34.9 Å². The van der Waals surface area contributed by atoms with E-state index in [1.165, 1.54) is 11.6 Å². The molecule has 0 aromatic heterocycles. The molecule has 0 unspecified atom stereocenters. The maximum atomic E-state index is 8.78. The van der Waals surface area contributed by atoms with Gasteiger partial charge in [-0.1, -0.05) is 30.3 Å². The molecule has 74 valence electrons. The third-order valence-corrected chi connectivity index (χ3v) is 2.11. The van der Waals surface area contributed by atoms with Crippen molar-refractivity contribution in [3.8, 4) is 0 Å². The fraction of sp³-hybridized carbons (Fsp3) is 0.182. The van der Waals surface area contributed by atoms with Gasteiger partial charge in [-0.15, -0.1) is 11.6 Å². The minimum Gasteiger partial charge on any atom is -0.499 e. The van der Waals surface area contributed by atoms with Gasteiger partial charge in [-0.05, 0) is 35.8 Å². The van der Waals surface area contributed by atoms with Crippen molar-refractivity contribution in [3.05, 3.63) is 41.5 Å². The van der Waals surface area contributed by atoms with Crippen molar-refractivity contribution in [2.75, 3.05) is 5.88 Å². The Morgan fingerprint density at radius 1 is 1.36 bits per heavy atom. The number of thiocarbonyl (C=S) groups is 1. The lowest BCUT2D eigenvalue weighted by Gasteiger charge is -1.98. The van der Waals surface area contributed by atoms with Gasteiger partial charge in [0.1, 0.15) is 0 Å². The normalized spacial score (nSPS) is 10.6. The molecule has 3 heteroatoms. The highest BCUT2D eigenvalue weighted by molar-refractivity contribution is 7.80. The summed E-state index contributed by atoms with van der Waals surface area (Å²) in [6, 6.07) is 7.97. The Kier molecular flexibility index (Phi) is 4.63. The average Bonchev–Trinajstić information content (AvgIpc) is 2.17. The first-order valence-electron chi connectivity index (χ1n) is 4.28. The molecule has 1 rings (SSSR count). The van der Waals surface area contributed by atoms with E-state index in [9.17, 15) is 0 Å². The van der Waals surface area contributed by atoms with E-state index in [0.29, 0.717) is 5.88 Å². The first kappa shape index (κ1) is 11.2. The maximum Gasteiger partial charge on any atom is 0.181 e. The van der Waals surface area contributed by atoms with Gasteiger partial charge in [0.05, 0.1) is 0 Å². The van der Waals surface area contributed by atoms with Crippen LogP contribution in [0.5, 0.6) is 0 Å². The van der Waals surface area contributed by atoms with Crippen LogP contribution < -0.4 is 0 Å². The highest BCUT2D eigenvalue weighted by atomic mass is 35.5. The van der Waals surface area contributed by atoms with Crippen molar-refractivity contribution in [1.29, 1.82) is 0 Å². The summed E-state index contributed by atoms with van der Waals surface area (Å²) in [7, 11) is 0. The standard InChI is InChI=1S/C11H11ClOS/c12-8-7-10-3-1-9(2-4-10)5-6-11(13)14/h1-6H,7-8H2,(H,13,14). The molecule has 0 saturated heterocycles. The third-order valence-electron chi connectivity index (χ3n) is 1.78. The van der Waals surface area contributed by atoms with Crippen LogP contribution in [0, 0.1) is 0 Å². The van der Waals surface area contributed by atoms with Crippen LogP contribution in [-0.4, -0.2) is 16.0 Å². The van der Waals surface area contributed by atoms with Gasteiger partial charge in [0.25, 0.3) is 0 Å². The molecule has 0 aliphatic heterocycles. The first-order valence-corrected chi connectivity index (χ1v) is 5.22. The smallest absolute Gasteiger partial charge is 0.181 e. The Bertz CT molecular complexity index is 330. The molecule has 1 aromatic rings. The SMILES string of the molecule is OC(=S)C=Cc1ccc(CCCl)cc1. The Morgan fingerprint density at radius 2 is 2.00 bits per heavy atom. The zero-order chi connectivity index (χ0) is 10.4. The summed E-state index contributed by atoms with van der Waals surface area (Å²) in [5.41, 5.74) is 2.23. The summed E-state index contributed by atoms with van der Waals surface area (Å²) in [6.07, 6.45) is 4.14. The topological polar surface area (TPSA) is 20.2 Å². The van der Waals surface area contributed by atoms with Gasteiger partial charge in [0.2, 0.25) is 0 Å². The summed E-state index contributed by atoms with van der Waals surface area (Å²) in [5, 5.41) is 8.68. The Balaban J connectivity index is 2.68. The van der Waals surface area contributed by atoms with E-state index in [1.54, 1.807) is 6.08 Å². The van der Waals surface area contributed by atoms with Gasteiger partial charge in [0.15, 0.2) is 5.05 Å². The average molecular weight is 227 g/mol. The lowest BCUT2D eigenvalue weighted by Crippen LogP contribution is -1.86. The van der Waals surface area contributed by atoms with E-state index < -0.39 is 0 Å². The minimum atomic E-state index is -0.102. The molecule has 1 N–H and O–H groups in total. The van der Waals surface area contributed by atoms with Crippen molar-refractivity contribution in [2.45, 2.75) is 6.42 Å². The molecule has 0 bridgehead atoms. The van der Waals surface area contributed by atoms with E-state index in [4.69, 9.17) is 16.7 Å². The fourth-order valence-electron chi connectivity index (χ4n) is 1.07. The van der Waals surface area contributed by atoms with E-state index in [1.807, 2.05) is 24.3 Å². The molecular weight excluding hydrogens is 216 g/mol. The predicted octanol–water partition coefficient (Wildman–Crippen LogP) is 3.37. The largest absolute Gasteiger partial charge is 0.499 e. The predicted molar refractivity (Wildman–Crippen MR) is 65.1 cm³/mol. The molecule has 0 aliphatic carbocycles. The van der Waals surface area contributed by atoms with E-state index in [0.717, 1.165) is 12.0 Å². The first-order chi connectivity index (χ1) is 6.72. The lowest BCUT2D eigenvalue weighted by molar-refractivity contribution is 0.574. The highest BCUT2D eigenvalue weighted by Gasteiger charge is 1.91. The van der Waals surface area contributed by atoms with Crippen molar-refractivity contribution in [2.24, 2.45) is 0 Å². The second-order valence-electron chi connectivity index (χ2n) is 2.85. The van der Waals surface area contributed by atoms with Gasteiger partial charge in [0, 0.05) is 5.88 Å².